The van der Waals surface area contributed by atoms with E-state index in [1.807, 2.05) is 18.0 Å². The minimum Gasteiger partial charge on any atom is -0.412 e. The lowest BCUT2D eigenvalue weighted by molar-refractivity contribution is 0.0918. The molecule has 2 aliphatic carbocycles. The number of rotatable bonds is 6. The molecule has 5 N–H and O–H groups in total. The summed E-state index contributed by atoms with van der Waals surface area (Å²) in [7, 11) is 4.24. The lowest BCUT2D eigenvalue weighted by atomic mass is 10.0. The van der Waals surface area contributed by atoms with Crippen LogP contribution >= 0.6 is 11.9 Å². The molecule has 2 saturated carbocycles. The number of nitrogens with one attached hydrogen (secondary N) is 1. The first-order valence-electron chi connectivity index (χ1n) is 12.0. The van der Waals surface area contributed by atoms with Crippen molar-refractivity contribution in [3.63, 3.8) is 0 Å². The summed E-state index contributed by atoms with van der Waals surface area (Å²) >= 11 is 1.86. The highest BCUT2D eigenvalue weighted by Crippen LogP contribution is 2.40. The molecule has 1 saturated heterocycles. The van der Waals surface area contributed by atoms with Crippen LogP contribution in [0.3, 0.4) is 0 Å². The van der Waals surface area contributed by atoms with Gasteiger partial charge in [0.25, 0.3) is 5.91 Å². The number of hydrogen-bond acceptors (Lipinski definition) is 7. The van der Waals surface area contributed by atoms with E-state index in [-0.39, 0.29) is 24.3 Å². The lowest BCUT2D eigenvalue weighted by Gasteiger charge is -2.32. The molecular weight excluding hydrogens is 442 g/mol. The fourth-order valence-corrected chi connectivity index (χ4v) is 4.91. The highest BCUT2D eigenvalue weighted by molar-refractivity contribution is 7.96. The number of aromatic nitrogens is 1. The summed E-state index contributed by atoms with van der Waals surface area (Å²) in [6.45, 7) is 8.40. The van der Waals surface area contributed by atoms with Gasteiger partial charge in [0.05, 0.1) is 0 Å². The van der Waals surface area contributed by atoms with Crippen LogP contribution in [0.1, 0.15) is 75.5 Å². The molecule has 0 radical (unpaired) electrons. The lowest BCUT2D eigenvalue weighted by Crippen LogP contribution is -2.42. The zero-order valence-corrected chi connectivity index (χ0v) is 21.6. The predicted octanol–water partition coefficient (Wildman–Crippen LogP) is 2.04. The van der Waals surface area contributed by atoms with Crippen LogP contribution in [0.25, 0.3) is 0 Å². The van der Waals surface area contributed by atoms with E-state index < -0.39 is 0 Å². The summed E-state index contributed by atoms with van der Waals surface area (Å²) in [6, 6.07) is 2.61. The minimum absolute atomic E-state index is 0. The topological polar surface area (TPSA) is 128 Å². The van der Waals surface area contributed by atoms with Gasteiger partial charge < -0.3 is 30.6 Å². The van der Waals surface area contributed by atoms with E-state index in [2.05, 4.69) is 51.9 Å². The summed E-state index contributed by atoms with van der Waals surface area (Å²) in [6.07, 6.45) is 10.2. The third-order valence-corrected chi connectivity index (χ3v) is 7.62. The van der Waals surface area contributed by atoms with Crippen molar-refractivity contribution in [2.45, 2.75) is 69.9 Å². The molecule has 0 bridgehead atoms. The Morgan fingerprint density at radius 2 is 1.85 bits per heavy atom. The molecule has 9 nitrogen and oxygen atoms in total. The number of likely N-dealkylation sites (N-methyl/N-ethyl adjacent to an activating group) is 1. The van der Waals surface area contributed by atoms with Gasteiger partial charge in [-0.3, -0.25) is 4.79 Å². The molecule has 194 valence electrons. The van der Waals surface area contributed by atoms with Crippen LogP contribution in [0.5, 0.6) is 0 Å². The van der Waals surface area contributed by atoms with Gasteiger partial charge in [-0.1, -0.05) is 36.9 Å². The fourth-order valence-electron chi connectivity index (χ4n) is 4.38. The Hall–Kier alpha value is -1.17. The van der Waals surface area contributed by atoms with Gasteiger partial charge in [0.15, 0.2) is 5.69 Å². The molecule has 10 heteroatoms. The quantitative estimate of drug-likeness (QED) is 0.478. The number of nitrogens with zero attached hydrogens (tertiary/aromatic N) is 4. The molecule has 1 aromatic heterocycles. The van der Waals surface area contributed by atoms with E-state index >= 15 is 0 Å². The van der Waals surface area contributed by atoms with E-state index in [0.29, 0.717) is 17.7 Å². The van der Waals surface area contributed by atoms with Crippen LogP contribution in [0.4, 0.5) is 0 Å². The molecule has 2 heterocycles. The van der Waals surface area contributed by atoms with Gasteiger partial charge in [-0.25, -0.2) is 4.31 Å². The van der Waals surface area contributed by atoms with Crippen LogP contribution in [-0.4, -0.2) is 101 Å². The van der Waals surface area contributed by atoms with Crippen molar-refractivity contribution in [2.24, 2.45) is 0 Å². The van der Waals surface area contributed by atoms with Crippen molar-refractivity contribution >= 4 is 17.9 Å². The molecule has 1 amide bonds. The minimum atomic E-state index is -0.0879. The normalized spacial score (nSPS) is 24.0. The SMILES string of the molecule is CCN1CCN(SC)CC1.CN(C)[C@@H]1CCCCC(NC(=O)c2cc(C3CC3)on2)C1.O.O.[HH]. The highest BCUT2D eigenvalue weighted by atomic mass is 32.2. The van der Waals surface area contributed by atoms with Crippen LogP contribution in [-0.2, 0) is 0 Å². The molecule has 0 spiro atoms. The average Bonchev–Trinajstić information content (AvgIpc) is 3.56. The van der Waals surface area contributed by atoms with Gasteiger partial charge in [0.2, 0.25) is 0 Å². The van der Waals surface area contributed by atoms with Crippen molar-refractivity contribution in [3.8, 4) is 0 Å². The summed E-state index contributed by atoms with van der Waals surface area (Å²) in [4.78, 5) is 17.1. The second-order valence-electron chi connectivity index (χ2n) is 9.24. The van der Waals surface area contributed by atoms with Crippen molar-refractivity contribution < 1.29 is 21.7 Å². The zero-order valence-electron chi connectivity index (χ0n) is 20.8. The zero-order chi connectivity index (χ0) is 22.2. The third-order valence-electron chi connectivity index (χ3n) is 6.74. The maximum absolute atomic E-state index is 12.3. The summed E-state index contributed by atoms with van der Waals surface area (Å²) in [5.74, 6) is 1.28. The molecular formula is C23H47N5O4S. The molecule has 4 rings (SSSR count). The van der Waals surface area contributed by atoms with E-state index in [9.17, 15) is 4.79 Å². The van der Waals surface area contributed by atoms with Crippen LogP contribution in [0.2, 0.25) is 0 Å². The number of hydrogen-bond donors (Lipinski definition) is 1. The van der Waals surface area contributed by atoms with Gasteiger partial charge in [-0.15, -0.1) is 0 Å². The molecule has 1 unspecified atom stereocenters. The van der Waals surface area contributed by atoms with Crippen LogP contribution in [0, 0.1) is 0 Å². The Bertz CT molecular complexity index is 672. The van der Waals surface area contributed by atoms with E-state index in [1.54, 1.807) is 0 Å². The van der Waals surface area contributed by atoms with Gasteiger partial charge in [0.1, 0.15) is 5.76 Å². The Labute approximate surface area is 204 Å². The standard InChI is InChI=1S/C16H25N3O2.C7H16N2S.2H2O.H2/c1-19(2)13-6-4-3-5-12(9-13)17-16(20)14-10-15(21-18-14)11-7-8-11;1-3-8-4-6-9(10-2)7-5-8;;;/h10-13H,3-9H2,1-2H3,(H,17,20);3-7H2,1-2H3;2*1H2;1H/t12?,13-;;;;/m1..../s1. The Morgan fingerprint density at radius 3 is 2.42 bits per heavy atom. The second kappa shape index (κ2) is 15.0. The smallest absolute Gasteiger partial charge is 0.273 e. The maximum atomic E-state index is 12.3. The Balaban J connectivity index is 0.000000721. The van der Waals surface area contributed by atoms with Crippen LogP contribution in [0.15, 0.2) is 10.6 Å². The molecule has 1 aliphatic heterocycles. The first-order valence-corrected chi connectivity index (χ1v) is 13.1. The van der Waals surface area contributed by atoms with Gasteiger partial charge in [0, 0.05) is 51.7 Å². The van der Waals surface area contributed by atoms with Crippen molar-refractivity contribution in [1.82, 2.24) is 24.6 Å². The second-order valence-corrected chi connectivity index (χ2v) is 10.1. The molecule has 3 aliphatic rings. The molecule has 33 heavy (non-hydrogen) atoms. The summed E-state index contributed by atoms with van der Waals surface area (Å²) in [5.41, 5.74) is 0.433. The maximum Gasteiger partial charge on any atom is 0.273 e. The highest BCUT2D eigenvalue weighted by Gasteiger charge is 2.30. The van der Waals surface area contributed by atoms with Crippen molar-refractivity contribution in [1.29, 1.82) is 0 Å². The summed E-state index contributed by atoms with van der Waals surface area (Å²) in [5, 5.41) is 7.07. The van der Waals surface area contributed by atoms with Crippen molar-refractivity contribution in [3.05, 3.63) is 17.5 Å². The van der Waals surface area contributed by atoms with Crippen molar-refractivity contribution in [2.75, 3.05) is 53.1 Å². The molecule has 2 atom stereocenters. The third kappa shape index (κ3) is 9.54. The van der Waals surface area contributed by atoms with Crippen LogP contribution < -0.4 is 5.32 Å². The van der Waals surface area contributed by atoms with E-state index in [4.69, 9.17) is 4.52 Å². The number of carbonyl (C=O) groups excluding carboxylic acids is 1. The molecule has 0 aromatic carbocycles. The first-order chi connectivity index (χ1) is 15.0. The van der Waals surface area contributed by atoms with E-state index in [0.717, 1.165) is 31.4 Å². The average molecular weight is 490 g/mol. The predicted molar refractivity (Wildman–Crippen MR) is 137 cm³/mol. The van der Waals surface area contributed by atoms with E-state index in [1.165, 1.54) is 52.0 Å². The fraction of sp³-hybridized carbons (Fsp3) is 0.826. The Morgan fingerprint density at radius 1 is 1.18 bits per heavy atom. The van der Waals surface area contributed by atoms with Gasteiger partial charge in [-0.2, -0.15) is 0 Å². The first kappa shape index (κ1) is 29.9. The molecule has 1 aromatic rings. The van der Waals surface area contributed by atoms with Gasteiger partial charge >= 0.3 is 0 Å². The van der Waals surface area contributed by atoms with Gasteiger partial charge in [-0.05, 0) is 59.0 Å². The summed E-state index contributed by atoms with van der Waals surface area (Å²) < 4.78 is 7.69. The largest absolute Gasteiger partial charge is 0.412 e. The number of amides is 1. The number of piperazine rings is 1. The monoisotopic (exact) mass is 489 g/mol. The Kier molecular flexibility index (Phi) is 13.5. The number of carbonyl (C=O) groups is 1. The molecule has 3 fully saturated rings.